The molecule has 0 radical (unpaired) electrons. The van der Waals surface area contributed by atoms with Crippen LogP contribution in [-0.4, -0.2) is 17.8 Å². The normalized spacial score (nSPS) is 17.2. The highest BCUT2D eigenvalue weighted by atomic mass is 19.4. The van der Waals surface area contributed by atoms with Gasteiger partial charge in [0.1, 0.15) is 5.82 Å². The van der Waals surface area contributed by atoms with Gasteiger partial charge in [0.2, 0.25) is 0 Å². The summed E-state index contributed by atoms with van der Waals surface area (Å²) < 4.78 is 51.0. The second-order valence-corrected chi connectivity index (χ2v) is 5.18. The third-order valence-corrected chi connectivity index (χ3v) is 3.48. The van der Waals surface area contributed by atoms with Crippen LogP contribution >= 0.6 is 0 Å². The predicted octanol–water partition coefficient (Wildman–Crippen LogP) is 3.10. The summed E-state index contributed by atoms with van der Waals surface area (Å²) in [7, 11) is 0. The maximum Gasteiger partial charge on any atom is 0.416 e. The maximum absolute atomic E-state index is 13.2. The zero-order valence-electron chi connectivity index (χ0n) is 10.9. The number of aliphatic hydroxyl groups excluding tert-OH is 1. The first-order valence-electron chi connectivity index (χ1n) is 6.61. The molecule has 2 rings (SSSR count). The summed E-state index contributed by atoms with van der Waals surface area (Å²) in [5, 5.41) is 12.1. The van der Waals surface area contributed by atoms with Gasteiger partial charge in [0.15, 0.2) is 0 Å². The van der Waals surface area contributed by atoms with Gasteiger partial charge in [-0.05, 0) is 48.9 Å². The van der Waals surface area contributed by atoms with Crippen LogP contribution in [0.2, 0.25) is 0 Å². The third kappa shape index (κ3) is 4.18. The quantitative estimate of drug-likeness (QED) is 0.789. The lowest BCUT2D eigenvalue weighted by atomic mass is 10.1. The Morgan fingerprint density at radius 3 is 2.50 bits per heavy atom. The number of alkyl halides is 3. The maximum atomic E-state index is 13.2. The molecule has 1 aliphatic rings. The molecule has 0 saturated heterocycles. The van der Waals surface area contributed by atoms with E-state index < -0.39 is 17.6 Å². The molecule has 20 heavy (non-hydrogen) atoms. The topological polar surface area (TPSA) is 32.3 Å². The van der Waals surface area contributed by atoms with Gasteiger partial charge in [0.25, 0.3) is 0 Å². The molecule has 0 aliphatic heterocycles. The molecule has 0 bridgehead atoms. The first-order chi connectivity index (χ1) is 9.40. The molecule has 112 valence electrons. The van der Waals surface area contributed by atoms with Crippen molar-refractivity contribution in [2.75, 3.05) is 6.61 Å². The summed E-state index contributed by atoms with van der Waals surface area (Å²) in [5.74, 6) is -0.417. The summed E-state index contributed by atoms with van der Waals surface area (Å²) in [5.41, 5.74) is -0.708. The van der Waals surface area contributed by atoms with Crippen LogP contribution < -0.4 is 5.32 Å². The van der Waals surface area contributed by atoms with Crippen molar-refractivity contribution >= 4 is 0 Å². The van der Waals surface area contributed by atoms with Crippen LogP contribution in [0.3, 0.4) is 0 Å². The minimum absolute atomic E-state index is 0.0329. The molecule has 2 N–H and O–H groups in total. The zero-order chi connectivity index (χ0) is 14.8. The van der Waals surface area contributed by atoms with Crippen LogP contribution in [0.5, 0.6) is 0 Å². The van der Waals surface area contributed by atoms with E-state index >= 15 is 0 Å². The van der Waals surface area contributed by atoms with Gasteiger partial charge in [-0.2, -0.15) is 13.2 Å². The average Bonchev–Trinajstić information content (AvgIpc) is 3.17. The molecule has 0 heterocycles. The Bertz CT molecular complexity index is 457. The van der Waals surface area contributed by atoms with Gasteiger partial charge in [0.05, 0.1) is 5.56 Å². The van der Waals surface area contributed by atoms with Crippen molar-refractivity contribution in [1.82, 2.24) is 5.32 Å². The van der Waals surface area contributed by atoms with E-state index in [4.69, 9.17) is 5.11 Å². The van der Waals surface area contributed by atoms with Crippen molar-refractivity contribution in [3.8, 4) is 0 Å². The van der Waals surface area contributed by atoms with Crippen LogP contribution in [0.25, 0.3) is 0 Å². The smallest absolute Gasteiger partial charge is 0.396 e. The molecule has 1 unspecified atom stereocenters. The molecular weight excluding hydrogens is 274 g/mol. The largest absolute Gasteiger partial charge is 0.416 e. The number of rotatable bonds is 6. The summed E-state index contributed by atoms with van der Waals surface area (Å²) >= 11 is 0. The first-order valence-corrected chi connectivity index (χ1v) is 6.61. The Kier molecular flexibility index (Phi) is 4.65. The second kappa shape index (κ2) is 6.10. The zero-order valence-corrected chi connectivity index (χ0v) is 10.9. The van der Waals surface area contributed by atoms with Gasteiger partial charge in [0, 0.05) is 19.2 Å². The Labute approximate surface area is 114 Å². The average molecular weight is 291 g/mol. The van der Waals surface area contributed by atoms with Crippen molar-refractivity contribution in [2.24, 2.45) is 5.92 Å². The minimum Gasteiger partial charge on any atom is -0.396 e. The monoisotopic (exact) mass is 291 g/mol. The van der Waals surface area contributed by atoms with E-state index in [1.807, 2.05) is 0 Å². The standard InChI is InChI=1S/C14H17F4NO/c15-12-6-9(5-11(7-12)14(16,17)18)8-19-13(3-4-20)10-1-2-10/h5-7,10,13,19-20H,1-4,8H2. The highest BCUT2D eigenvalue weighted by Crippen LogP contribution is 2.34. The van der Waals surface area contributed by atoms with Crippen LogP contribution in [0.4, 0.5) is 17.6 Å². The number of hydrogen-bond acceptors (Lipinski definition) is 2. The van der Waals surface area contributed by atoms with Gasteiger partial charge in [-0.3, -0.25) is 0 Å². The number of hydrogen-bond donors (Lipinski definition) is 2. The molecule has 6 heteroatoms. The second-order valence-electron chi connectivity index (χ2n) is 5.18. The Morgan fingerprint density at radius 1 is 1.25 bits per heavy atom. The number of nitrogens with one attached hydrogen (secondary N) is 1. The lowest BCUT2D eigenvalue weighted by Crippen LogP contribution is -2.31. The SMILES string of the molecule is OCCC(NCc1cc(F)cc(C(F)(F)F)c1)C1CC1. The Morgan fingerprint density at radius 2 is 1.95 bits per heavy atom. The highest BCUT2D eigenvalue weighted by Gasteiger charge is 2.32. The third-order valence-electron chi connectivity index (χ3n) is 3.48. The molecule has 1 fully saturated rings. The summed E-state index contributed by atoms with van der Waals surface area (Å²) in [6.45, 7) is 0.202. The van der Waals surface area contributed by atoms with Crippen LogP contribution in [0, 0.1) is 11.7 Å². The van der Waals surface area contributed by atoms with E-state index in [1.54, 1.807) is 0 Å². The van der Waals surface area contributed by atoms with Crippen molar-refractivity contribution in [3.63, 3.8) is 0 Å². The lowest BCUT2D eigenvalue weighted by Gasteiger charge is -2.17. The first kappa shape index (κ1) is 15.3. The summed E-state index contributed by atoms with van der Waals surface area (Å²) in [6.07, 6.45) is -1.85. The van der Waals surface area contributed by atoms with Crippen molar-refractivity contribution in [3.05, 3.63) is 35.1 Å². The summed E-state index contributed by atoms with van der Waals surface area (Å²) in [6, 6.07) is 2.64. The van der Waals surface area contributed by atoms with Crippen LogP contribution in [-0.2, 0) is 12.7 Å². The fourth-order valence-electron chi connectivity index (χ4n) is 2.31. The number of aliphatic hydroxyl groups is 1. The molecule has 0 spiro atoms. The van der Waals surface area contributed by atoms with Crippen molar-refractivity contribution < 1.29 is 22.7 Å². The van der Waals surface area contributed by atoms with Gasteiger partial charge >= 0.3 is 6.18 Å². The summed E-state index contributed by atoms with van der Waals surface area (Å²) in [4.78, 5) is 0. The van der Waals surface area contributed by atoms with Crippen molar-refractivity contribution in [1.29, 1.82) is 0 Å². The van der Waals surface area contributed by atoms with Crippen LogP contribution in [0.1, 0.15) is 30.4 Å². The van der Waals surface area contributed by atoms with E-state index in [0.29, 0.717) is 18.4 Å². The fraction of sp³-hybridized carbons (Fsp3) is 0.571. The molecule has 1 aromatic carbocycles. The number of benzene rings is 1. The molecule has 1 aromatic rings. The molecule has 2 nitrogen and oxygen atoms in total. The molecule has 1 saturated carbocycles. The van der Waals surface area contributed by atoms with E-state index in [9.17, 15) is 17.6 Å². The number of halogens is 4. The fourth-order valence-corrected chi connectivity index (χ4v) is 2.31. The minimum atomic E-state index is -4.54. The van der Waals surface area contributed by atoms with Gasteiger partial charge in [-0.25, -0.2) is 4.39 Å². The van der Waals surface area contributed by atoms with Crippen molar-refractivity contribution in [2.45, 2.75) is 38.0 Å². The molecular formula is C14H17F4NO. The van der Waals surface area contributed by atoms with Gasteiger partial charge in [-0.15, -0.1) is 0 Å². The molecule has 0 aromatic heterocycles. The Hall–Kier alpha value is -1.14. The highest BCUT2D eigenvalue weighted by molar-refractivity contribution is 5.26. The van der Waals surface area contributed by atoms with Gasteiger partial charge < -0.3 is 10.4 Å². The van der Waals surface area contributed by atoms with E-state index in [-0.39, 0.29) is 24.8 Å². The predicted molar refractivity (Wildman–Crippen MR) is 66.5 cm³/mol. The van der Waals surface area contributed by atoms with E-state index in [1.165, 1.54) is 0 Å². The van der Waals surface area contributed by atoms with E-state index in [0.717, 1.165) is 25.0 Å². The molecule has 0 amide bonds. The molecule has 1 atom stereocenters. The molecule has 1 aliphatic carbocycles. The lowest BCUT2D eigenvalue weighted by molar-refractivity contribution is -0.137. The van der Waals surface area contributed by atoms with Gasteiger partial charge in [-0.1, -0.05) is 0 Å². The van der Waals surface area contributed by atoms with Crippen LogP contribution in [0.15, 0.2) is 18.2 Å². The Balaban J connectivity index is 2.03. The van der Waals surface area contributed by atoms with E-state index in [2.05, 4.69) is 5.32 Å².